The van der Waals surface area contributed by atoms with Crippen molar-refractivity contribution in [1.82, 2.24) is 15.0 Å². The third-order valence-electron chi connectivity index (χ3n) is 9.34. The lowest BCUT2D eigenvalue weighted by atomic mass is 9.97. The lowest BCUT2D eigenvalue weighted by molar-refractivity contribution is 1.07. The summed E-state index contributed by atoms with van der Waals surface area (Å²) < 4.78 is 5.14. The zero-order chi connectivity index (χ0) is 33.0. The van der Waals surface area contributed by atoms with Crippen molar-refractivity contribution in [3.05, 3.63) is 164 Å². The molecule has 3 nitrogen and oxygen atoms in total. The normalized spacial score (nSPS) is 11.6. The number of benzene rings is 7. The Bertz CT molecular complexity index is 2810. The fourth-order valence-corrected chi connectivity index (χ4v) is 9.30. The molecule has 0 N–H and O–H groups in total. The summed E-state index contributed by atoms with van der Waals surface area (Å²) in [7, 11) is 0. The molecule has 3 aromatic heterocycles. The molecule has 0 saturated heterocycles. The van der Waals surface area contributed by atoms with E-state index in [9.17, 15) is 0 Å². The minimum atomic E-state index is 0.668. The molecule has 0 aliphatic heterocycles. The molecule has 234 valence electrons. The molecule has 10 aromatic rings. The topological polar surface area (TPSA) is 38.7 Å². The van der Waals surface area contributed by atoms with E-state index in [0.29, 0.717) is 17.5 Å². The van der Waals surface area contributed by atoms with Crippen LogP contribution in [0.25, 0.3) is 96.8 Å². The van der Waals surface area contributed by atoms with E-state index in [2.05, 4.69) is 103 Å². The molecule has 50 heavy (non-hydrogen) atoms. The molecular formula is C45H27N3S2. The van der Waals surface area contributed by atoms with Crippen LogP contribution in [0.1, 0.15) is 0 Å². The third-order valence-corrected chi connectivity index (χ3v) is 11.7. The zero-order valence-electron chi connectivity index (χ0n) is 26.7. The van der Waals surface area contributed by atoms with Crippen molar-refractivity contribution in [2.45, 2.75) is 0 Å². The van der Waals surface area contributed by atoms with E-state index >= 15 is 0 Å². The molecule has 0 radical (unpaired) electrons. The standard InChI is InChI=1S/C45H27N3S2/c1-3-11-28(12-4-1)43-46-44(29-13-5-2-6-14-29)48-45(47-43)33-22-24-37-36-23-21-31(26-40(36)49-41(37)27-33)30-15-9-16-32(25-30)34-18-10-19-38-35-17-7-8-20-39(35)50-42(34)38/h1-27H. The Morgan fingerprint density at radius 1 is 0.300 bits per heavy atom. The van der Waals surface area contributed by atoms with E-state index in [0.717, 1.165) is 16.7 Å². The SMILES string of the molecule is c1ccc(-c2nc(-c3ccccc3)nc(-c3ccc4c(c3)sc3cc(-c5cccc(-c6cccc7c6sc6ccccc67)c5)ccc34)n2)cc1. The third kappa shape index (κ3) is 4.98. The van der Waals surface area contributed by atoms with Gasteiger partial charge < -0.3 is 0 Å². The summed E-state index contributed by atoms with van der Waals surface area (Å²) in [5, 5.41) is 5.15. The van der Waals surface area contributed by atoms with Gasteiger partial charge in [0.25, 0.3) is 0 Å². The average molecular weight is 674 g/mol. The van der Waals surface area contributed by atoms with Gasteiger partial charge in [-0.3, -0.25) is 0 Å². The predicted molar refractivity (Wildman–Crippen MR) is 213 cm³/mol. The highest BCUT2D eigenvalue weighted by Crippen LogP contribution is 2.42. The summed E-state index contributed by atoms with van der Waals surface area (Å²) in [5.74, 6) is 2.01. The van der Waals surface area contributed by atoms with Crippen LogP contribution in [-0.4, -0.2) is 15.0 Å². The van der Waals surface area contributed by atoms with Crippen LogP contribution in [0.5, 0.6) is 0 Å². The molecule has 3 heterocycles. The number of rotatable bonds is 5. The summed E-state index contributed by atoms with van der Waals surface area (Å²) in [6, 6.07) is 58.0. The first-order valence-corrected chi connectivity index (χ1v) is 18.2. The maximum absolute atomic E-state index is 4.96. The number of thiophene rings is 2. The molecule has 0 fully saturated rings. The van der Waals surface area contributed by atoms with Crippen molar-refractivity contribution in [3.63, 3.8) is 0 Å². The van der Waals surface area contributed by atoms with E-state index in [1.165, 1.54) is 62.6 Å². The highest BCUT2D eigenvalue weighted by Gasteiger charge is 2.15. The Balaban J connectivity index is 1.04. The molecule has 0 unspecified atom stereocenters. The molecule has 10 rings (SSSR count). The van der Waals surface area contributed by atoms with Crippen LogP contribution in [0.2, 0.25) is 0 Å². The van der Waals surface area contributed by atoms with Gasteiger partial charge in [-0.05, 0) is 46.5 Å². The highest BCUT2D eigenvalue weighted by atomic mass is 32.1. The number of hydrogen-bond donors (Lipinski definition) is 0. The molecular weight excluding hydrogens is 647 g/mol. The Morgan fingerprint density at radius 2 is 0.800 bits per heavy atom. The fraction of sp³-hybridized carbons (Fsp3) is 0. The van der Waals surface area contributed by atoms with Gasteiger partial charge in [0, 0.05) is 57.0 Å². The molecule has 0 bridgehead atoms. The van der Waals surface area contributed by atoms with Crippen LogP contribution in [0.4, 0.5) is 0 Å². The smallest absolute Gasteiger partial charge is 0.164 e. The summed E-state index contributed by atoms with van der Waals surface area (Å²) in [5.41, 5.74) is 7.86. The van der Waals surface area contributed by atoms with Crippen LogP contribution in [0, 0.1) is 0 Å². The maximum atomic E-state index is 4.96. The van der Waals surface area contributed by atoms with Gasteiger partial charge in [0.2, 0.25) is 0 Å². The second kappa shape index (κ2) is 11.8. The Kier molecular flexibility index (Phi) is 6.86. The Labute approximate surface area is 296 Å². The molecule has 0 amide bonds. The summed E-state index contributed by atoms with van der Waals surface area (Å²) in [6.07, 6.45) is 0. The van der Waals surface area contributed by atoms with E-state index in [1.54, 1.807) is 0 Å². The number of hydrogen-bond acceptors (Lipinski definition) is 5. The fourth-order valence-electron chi connectivity index (χ4n) is 6.87. The summed E-state index contributed by atoms with van der Waals surface area (Å²) >= 11 is 3.69. The minimum absolute atomic E-state index is 0.668. The first kappa shape index (κ1) is 29.0. The minimum Gasteiger partial charge on any atom is -0.208 e. The van der Waals surface area contributed by atoms with Crippen molar-refractivity contribution >= 4 is 63.0 Å². The first-order chi connectivity index (χ1) is 24.7. The molecule has 0 saturated carbocycles. The number of aromatic nitrogens is 3. The Hall–Kier alpha value is -6.01. The Morgan fingerprint density at radius 3 is 1.52 bits per heavy atom. The molecule has 0 aliphatic rings. The van der Waals surface area contributed by atoms with E-state index < -0.39 is 0 Å². The molecule has 0 aliphatic carbocycles. The lowest BCUT2D eigenvalue weighted by Crippen LogP contribution is -1.99. The van der Waals surface area contributed by atoms with E-state index in [4.69, 9.17) is 15.0 Å². The van der Waals surface area contributed by atoms with Crippen molar-refractivity contribution in [2.24, 2.45) is 0 Å². The van der Waals surface area contributed by atoms with Gasteiger partial charge in [-0.15, -0.1) is 22.7 Å². The quantitative estimate of drug-likeness (QED) is 0.182. The lowest BCUT2D eigenvalue weighted by Gasteiger charge is -2.08. The van der Waals surface area contributed by atoms with E-state index in [-0.39, 0.29) is 0 Å². The number of nitrogens with zero attached hydrogens (tertiary/aromatic N) is 3. The van der Waals surface area contributed by atoms with Crippen LogP contribution in [0.15, 0.2) is 164 Å². The van der Waals surface area contributed by atoms with E-state index in [1.807, 2.05) is 83.3 Å². The second-order valence-corrected chi connectivity index (χ2v) is 14.6. The highest BCUT2D eigenvalue weighted by molar-refractivity contribution is 7.26. The molecule has 0 spiro atoms. The van der Waals surface area contributed by atoms with Gasteiger partial charge in [0.15, 0.2) is 17.5 Å². The monoisotopic (exact) mass is 673 g/mol. The van der Waals surface area contributed by atoms with Gasteiger partial charge in [-0.2, -0.15) is 0 Å². The van der Waals surface area contributed by atoms with Crippen molar-refractivity contribution < 1.29 is 0 Å². The molecule has 7 aromatic carbocycles. The van der Waals surface area contributed by atoms with Crippen LogP contribution in [-0.2, 0) is 0 Å². The largest absolute Gasteiger partial charge is 0.208 e. The van der Waals surface area contributed by atoms with Gasteiger partial charge in [0.1, 0.15) is 0 Å². The molecule has 5 heteroatoms. The van der Waals surface area contributed by atoms with Crippen molar-refractivity contribution in [2.75, 3.05) is 0 Å². The first-order valence-electron chi connectivity index (χ1n) is 16.6. The van der Waals surface area contributed by atoms with Crippen LogP contribution in [0.3, 0.4) is 0 Å². The van der Waals surface area contributed by atoms with Crippen molar-refractivity contribution in [1.29, 1.82) is 0 Å². The molecule has 0 atom stereocenters. The van der Waals surface area contributed by atoms with Crippen molar-refractivity contribution in [3.8, 4) is 56.4 Å². The summed E-state index contributed by atoms with van der Waals surface area (Å²) in [6.45, 7) is 0. The van der Waals surface area contributed by atoms with Gasteiger partial charge in [-0.1, -0.05) is 140 Å². The average Bonchev–Trinajstić information content (AvgIpc) is 3.76. The number of fused-ring (bicyclic) bond motifs is 6. The maximum Gasteiger partial charge on any atom is 0.164 e. The predicted octanol–water partition coefficient (Wildman–Crippen LogP) is 12.9. The van der Waals surface area contributed by atoms with Crippen LogP contribution < -0.4 is 0 Å². The van der Waals surface area contributed by atoms with Gasteiger partial charge in [-0.25, -0.2) is 15.0 Å². The van der Waals surface area contributed by atoms with Gasteiger partial charge in [0.05, 0.1) is 0 Å². The summed E-state index contributed by atoms with van der Waals surface area (Å²) in [4.78, 5) is 14.8. The van der Waals surface area contributed by atoms with Crippen LogP contribution >= 0.6 is 22.7 Å². The van der Waals surface area contributed by atoms with Gasteiger partial charge >= 0.3 is 0 Å². The second-order valence-electron chi connectivity index (χ2n) is 12.4. The zero-order valence-corrected chi connectivity index (χ0v) is 28.4.